The maximum atomic E-state index is 9.63. The molecule has 0 amide bonds. The van der Waals surface area contributed by atoms with Crippen molar-refractivity contribution in [2.24, 2.45) is 0 Å². The first kappa shape index (κ1) is 14.7. The van der Waals surface area contributed by atoms with E-state index in [2.05, 4.69) is 47.2 Å². The highest BCUT2D eigenvalue weighted by atomic mass is 79.9. The van der Waals surface area contributed by atoms with Crippen LogP contribution in [0.25, 0.3) is 0 Å². The van der Waals surface area contributed by atoms with Crippen molar-refractivity contribution >= 4 is 21.6 Å². The van der Waals surface area contributed by atoms with Gasteiger partial charge in [-0.1, -0.05) is 12.1 Å². The van der Waals surface area contributed by atoms with Gasteiger partial charge in [-0.25, -0.2) is 0 Å². The van der Waals surface area contributed by atoms with E-state index >= 15 is 0 Å². The molecule has 0 spiro atoms. The molecule has 1 atom stereocenters. The number of rotatable bonds is 4. The zero-order chi connectivity index (χ0) is 14.7. The molecule has 0 saturated heterocycles. The summed E-state index contributed by atoms with van der Waals surface area (Å²) in [4.78, 5) is 0. The van der Waals surface area contributed by atoms with Crippen LogP contribution in [0.15, 0.2) is 40.9 Å². The van der Waals surface area contributed by atoms with Crippen molar-refractivity contribution < 1.29 is 9.84 Å². The Morgan fingerprint density at radius 3 is 2.60 bits per heavy atom. The highest BCUT2D eigenvalue weighted by molar-refractivity contribution is 9.10. The third-order valence-electron chi connectivity index (χ3n) is 3.20. The number of anilines is 1. The number of halogens is 1. The quantitative estimate of drug-likeness (QED) is 0.854. The number of hydrogen-bond donors (Lipinski definition) is 2. The first-order valence-electron chi connectivity index (χ1n) is 6.41. The van der Waals surface area contributed by atoms with Gasteiger partial charge in [0.05, 0.1) is 7.11 Å². The third kappa shape index (κ3) is 3.25. The number of aryl methyl sites for hydroxylation is 1. The molecular weight excluding hydrogens is 318 g/mol. The van der Waals surface area contributed by atoms with Gasteiger partial charge in [-0.3, -0.25) is 0 Å². The average Bonchev–Trinajstić information content (AvgIpc) is 2.42. The van der Waals surface area contributed by atoms with Crippen LogP contribution in [0, 0.1) is 6.92 Å². The van der Waals surface area contributed by atoms with E-state index < -0.39 is 0 Å². The second-order valence-corrected chi connectivity index (χ2v) is 5.63. The number of aromatic hydroxyl groups is 1. The highest BCUT2D eigenvalue weighted by Crippen LogP contribution is 2.32. The fourth-order valence-corrected chi connectivity index (χ4v) is 2.63. The van der Waals surface area contributed by atoms with Gasteiger partial charge in [0, 0.05) is 16.2 Å². The lowest BCUT2D eigenvalue weighted by atomic mass is 10.1. The Labute approximate surface area is 127 Å². The molecule has 2 N–H and O–H groups in total. The van der Waals surface area contributed by atoms with Crippen LogP contribution in [-0.2, 0) is 0 Å². The fourth-order valence-electron chi connectivity index (χ4n) is 2.02. The average molecular weight is 336 g/mol. The zero-order valence-corrected chi connectivity index (χ0v) is 13.4. The normalized spacial score (nSPS) is 12.0. The summed E-state index contributed by atoms with van der Waals surface area (Å²) < 4.78 is 6.18. The molecule has 0 aliphatic carbocycles. The first-order valence-corrected chi connectivity index (χ1v) is 7.20. The number of benzene rings is 2. The minimum Gasteiger partial charge on any atom is -0.504 e. The van der Waals surface area contributed by atoms with Crippen LogP contribution in [0.1, 0.15) is 24.1 Å². The molecule has 3 nitrogen and oxygen atoms in total. The van der Waals surface area contributed by atoms with Gasteiger partial charge in [0.1, 0.15) is 0 Å². The van der Waals surface area contributed by atoms with Crippen molar-refractivity contribution in [2.45, 2.75) is 19.9 Å². The highest BCUT2D eigenvalue weighted by Gasteiger charge is 2.10. The molecule has 106 valence electrons. The second kappa shape index (κ2) is 6.18. The third-order valence-corrected chi connectivity index (χ3v) is 3.86. The minimum atomic E-state index is 0.100. The number of phenols is 1. The maximum absolute atomic E-state index is 9.63. The molecule has 2 aromatic rings. The van der Waals surface area contributed by atoms with Gasteiger partial charge in [-0.2, -0.15) is 0 Å². The molecule has 1 unspecified atom stereocenters. The maximum Gasteiger partial charge on any atom is 0.160 e. The van der Waals surface area contributed by atoms with E-state index in [9.17, 15) is 5.11 Å². The number of phenolic OH excluding ortho intramolecular Hbond substituents is 1. The van der Waals surface area contributed by atoms with Gasteiger partial charge in [-0.05, 0) is 65.2 Å². The largest absolute Gasteiger partial charge is 0.504 e. The predicted molar refractivity (Wildman–Crippen MR) is 85.6 cm³/mol. The molecule has 0 radical (unpaired) electrons. The second-order valence-electron chi connectivity index (χ2n) is 4.78. The van der Waals surface area contributed by atoms with Crippen molar-refractivity contribution in [3.8, 4) is 11.5 Å². The van der Waals surface area contributed by atoms with Crippen LogP contribution >= 0.6 is 15.9 Å². The van der Waals surface area contributed by atoms with Crippen LogP contribution < -0.4 is 10.1 Å². The molecule has 0 bridgehead atoms. The van der Waals surface area contributed by atoms with E-state index in [-0.39, 0.29) is 11.8 Å². The topological polar surface area (TPSA) is 41.5 Å². The number of methoxy groups -OCH3 is 1. The number of hydrogen-bond acceptors (Lipinski definition) is 3. The Balaban J connectivity index is 2.21. The van der Waals surface area contributed by atoms with Gasteiger partial charge in [0.2, 0.25) is 0 Å². The molecule has 20 heavy (non-hydrogen) atoms. The Morgan fingerprint density at radius 2 is 1.95 bits per heavy atom. The summed E-state index contributed by atoms with van der Waals surface area (Å²) in [6, 6.07) is 11.7. The summed E-state index contributed by atoms with van der Waals surface area (Å²) in [7, 11) is 1.55. The summed E-state index contributed by atoms with van der Waals surface area (Å²) in [6.45, 7) is 4.13. The van der Waals surface area contributed by atoms with Crippen molar-refractivity contribution in [1.82, 2.24) is 0 Å². The smallest absolute Gasteiger partial charge is 0.160 e. The zero-order valence-electron chi connectivity index (χ0n) is 11.8. The minimum absolute atomic E-state index is 0.100. The van der Waals surface area contributed by atoms with Crippen LogP contribution in [0.3, 0.4) is 0 Å². The van der Waals surface area contributed by atoms with Crippen molar-refractivity contribution in [2.75, 3.05) is 12.4 Å². The summed E-state index contributed by atoms with van der Waals surface area (Å²) in [5, 5.41) is 13.1. The summed E-state index contributed by atoms with van der Waals surface area (Å²) in [6.07, 6.45) is 0. The van der Waals surface area contributed by atoms with E-state index in [1.165, 1.54) is 5.56 Å². The van der Waals surface area contributed by atoms with E-state index in [0.29, 0.717) is 5.75 Å². The summed E-state index contributed by atoms with van der Waals surface area (Å²) in [5.74, 6) is 0.638. The number of nitrogens with one attached hydrogen (secondary N) is 1. The Morgan fingerprint density at radius 1 is 1.20 bits per heavy atom. The van der Waals surface area contributed by atoms with Crippen LogP contribution in [-0.4, -0.2) is 12.2 Å². The van der Waals surface area contributed by atoms with E-state index in [1.807, 2.05) is 18.2 Å². The molecule has 0 aliphatic rings. The lowest BCUT2D eigenvalue weighted by molar-refractivity contribution is 0.373. The van der Waals surface area contributed by atoms with E-state index in [1.54, 1.807) is 13.2 Å². The van der Waals surface area contributed by atoms with Gasteiger partial charge in [-0.15, -0.1) is 0 Å². The van der Waals surface area contributed by atoms with Gasteiger partial charge >= 0.3 is 0 Å². The Kier molecular flexibility index (Phi) is 4.55. The molecule has 0 saturated carbocycles. The molecule has 0 aromatic heterocycles. The van der Waals surface area contributed by atoms with Gasteiger partial charge < -0.3 is 15.2 Å². The molecule has 0 heterocycles. The lowest BCUT2D eigenvalue weighted by Crippen LogP contribution is -2.07. The monoisotopic (exact) mass is 335 g/mol. The fraction of sp³-hybridized carbons (Fsp3) is 0.250. The Hall–Kier alpha value is -1.68. The van der Waals surface area contributed by atoms with Gasteiger partial charge in [0.15, 0.2) is 11.5 Å². The number of ether oxygens (including phenoxy) is 1. The molecular formula is C16H18BrNO2. The van der Waals surface area contributed by atoms with Crippen LogP contribution in [0.2, 0.25) is 0 Å². The summed E-state index contributed by atoms with van der Waals surface area (Å²) >= 11 is 3.56. The van der Waals surface area contributed by atoms with Crippen molar-refractivity contribution in [1.29, 1.82) is 0 Å². The van der Waals surface area contributed by atoms with Crippen molar-refractivity contribution in [3.63, 3.8) is 0 Å². The van der Waals surface area contributed by atoms with Crippen molar-refractivity contribution in [3.05, 3.63) is 52.0 Å². The molecule has 4 heteroatoms. The predicted octanol–water partition coefficient (Wildman–Crippen LogP) is 4.64. The van der Waals surface area contributed by atoms with Crippen LogP contribution in [0.4, 0.5) is 5.69 Å². The molecule has 2 rings (SSSR count). The first-order chi connectivity index (χ1) is 9.51. The SMILES string of the molecule is COc1cc(C(C)Nc2ccc(C)cc2Br)ccc1O. The van der Waals surface area contributed by atoms with E-state index in [4.69, 9.17) is 4.74 Å². The molecule has 2 aromatic carbocycles. The Bertz CT molecular complexity index is 613. The summed E-state index contributed by atoms with van der Waals surface area (Å²) in [5.41, 5.74) is 3.30. The molecule has 0 fully saturated rings. The van der Waals surface area contributed by atoms with Crippen LogP contribution in [0.5, 0.6) is 11.5 Å². The van der Waals surface area contributed by atoms with E-state index in [0.717, 1.165) is 15.7 Å². The van der Waals surface area contributed by atoms with Gasteiger partial charge in [0.25, 0.3) is 0 Å². The lowest BCUT2D eigenvalue weighted by Gasteiger charge is -2.18. The molecule has 0 aliphatic heterocycles. The standard InChI is InChI=1S/C16H18BrNO2/c1-10-4-6-14(13(17)8-10)18-11(2)12-5-7-15(19)16(9-12)20-3/h4-9,11,18-19H,1-3H3.